The average molecular weight is 308 g/mol. The molecule has 1 atom stereocenters. The highest BCUT2D eigenvalue weighted by Gasteiger charge is 2.07. The van der Waals surface area contributed by atoms with Crippen LogP contribution in [0.2, 0.25) is 0 Å². The zero-order chi connectivity index (χ0) is 13.0. The van der Waals surface area contributed by atoms with Crippen molar-refractivity contribution in [2.45, 2.75) is 12.8 Å². The zero-order valence-electron chi connectivity index (χ0n) is 10.2. The molecule has 0 radical (unpaired) electrons. The zero-order valence-corrected chi connectivity index (χ0v) is 11.7. The molecule has 0 aliphatic rings. The fourth-order valence-electron chi connectivity index (χ4n) is 1.80. The van der Waals surface area contributed by atoms with E-state index in [4.69, 9.17) is 0 Å². The molecule has 0 aromatic heterocycles. The maximum absolute atomic E-state index is 13.5. The normalized spacial score (nSPS) is 12.2. The molecule has 0 spiro atoms. The molecule has 0 heterocycles. The Morgan fingerprint density at radius 3 is 2.61 bits per heavy atom. The molecule has 2 aromatic rings. The fourth-order valence-corrected chi connectivity index (χ4v) is 2.16. The maximum Gasteiger partial charge on any atom is 0.146 e. The molecule has 1 unspecified atom stereocenters. The summed E-state index contributed by atoms with van der Waals surface area (Å²) in [4.78, 5) is 0. The Morgan fingerprint density at radius 2 is 1.89 bits per heavy atom. The van der Waals surface area contributed by atoms with Crippen LogP contribution in [0.3, 0.4) is 0 Å². The molecule has 0 aliphatic heterocycles. The van der Waals surface area contributed by atoms with E-state index in [1.807, 2.05) is 18.2 Å². The Balaban J connectivity index is 2.01. The lowest BCUT2D eigenvalue weighted by Gasteiger charge is -2.14. The Morgan fingerprint density at radius 1 is 1.17 bits per heavy atom. The van der Waals surface area contributed by atoms with E-state index in [0.717, 1.165) is 4.47 Å². The van der Waals surface area contributed by atoms with Crippen LogP contribution in [0.25, 0.3) is 0 Å². The van der Waals surface area contributed by atoms with Gasteiger partial charge in [-0.05, 0) is 29.7 Å². The van der Waals surface area contributed by atoms with E-state index in [9.17, 15) is 4.39 Å². The topological polar surface area (TPSA) is 12.0 Å². The van der Waals surface area contributed by atoms with Crippen LogP contribution < -0.4 is 5.32 Å². The van der Waals surface area contributed by atoms with Crippen LogP contribution >= 0.6 is 15.9 Å². The summed E-state index contributed by atoms with van der Waals surface area (Å²) >= 11 is 3.34. The molecule has 0 bridgehead atoms. The van der Waals surface area contributed by atoms with Crippen LogP contribution in [0.1, 0.15) is 18.4 Å². The lowest BCUT2D eigenvalue weighted by atomic mass is 10.0. The quantitative estimate of drug-likeness (QED) is 0.855. The molecule has 0 amide bonds. The van der Waals surface area contributed by atoms with E-state index >= 15 is 0 Å². The summed E-state index contributed by atoms with van der Waals surface area (Å²) in [6, 6.07) is 15.1. The Kier molecular flexibility index (Phi) is 4.37. The Bertz CT molecular complexity index is 513. The molecule has 1 nitrogen and oxygen atoms in total. The molecule has 1 N–H and O–H groups in total. The SMILES string of the molecule is CC(CNc1cc(Br)ccc1F)c1ccccc1. The standard InChI is InChI=1S/C15H15BrFN/c1-11(12-5-3-2-4-6-12)10-18-15-9-13(16)7-8-14(15)17/h2-9,11,18H,10H2,1H3. The first kappa shape index (κ1) is 13.1. The minimum absolute atomic E-state index is 0.224. The van der Waals surface area contributed by atoms with Crippen LogP contribution in [0.5, 0.6) is 0 Å². The summed E-state index contributed by atoms with van der Waals surface area (Å²) in [5.41, 5.74) is 1.78. The molecular formula is C15H15BrFN. The highest BCUT2D eigenvalue weighted by Crippen LogP contribution is 2.22. The van der Waals surface area contributed by atoms with Crippen molar-refractivity contribution in [2.24, 2.45) is 0 Å². The first-order valence-electron chi connectivity index (χ1n) is 5.90. The van der Waals surface area contributed by atoms with Crippen molar-refractivity contribution in [1.82, 2.24) is 0 Å². The van der Waals surface area contributed by atoms with Crippen molar-refractivity contribution in [1.29, 1.82) is 0 Å². The van der Waals surface area contributed by atoms with E-state index in [-0.39, 0.29) is 5.82 Å². The molecular weight excluding hydrogens is 293 g/mol. The summed E-state index contributed by atoms with van der Waals surface area (Å²) < 4.78 is 14.4. The highest BCUT2D eigenvalue weighted by atomic mass is 79.9. The summed E-state index contributed by atoms with van der Waals surface area (Å²) in [5.74, 6) is 0.114. The van der Waals surface area contributed by atoms with Gasteiger partial charge in [-0.3, -0.25) is 0 Å². The van der Waals surface area contributed by atoms with Gasteiger partial charge < -0.3 is 5.32 Å². The predicted octanol–water partition coefficient (Wildman–Crippen LogP) is 4.80. The second-order valence-corrected chi connectivity index (χ2v) is 5.23. The van der Waals surface area contributed by atoms with Gasteiger partial charge in [0.15, 0.2) is 0 Å². The van der Waals surface area contributed by atoms with Crippen molar-refractivity contribution >= 4 is 21.6 Å². The monoisotopic (exact) mass is 307 g/mol. The van der Waals surface area contributed by atoms with Gasteiger partial charge >= 0.3 is 0 Å². The lowest BCUT2D eigenvalue weighted by Crippen LogP contribution is -2.10. The smallest absolute Gasteiger partial charge is 0.146 e. The largest absolute Gasteiger partial charge is 0.382 e. The van der Waals surface area contributed by atoms with Gasteiger partial charge in [-0.1, -0.05) is 53.2 Å². The second-order valence-electron chi connectivity index (χ2n) is 4.32. The third-order valence-electron chi connectivity index (χ3n) is 2.90. The Hall–Kier alpha value is -1.35. The van der Waals surface area contributed by atoms with E-state index in [0.29, 0.717) is 18.2 Å². The highest BCUT2D eigenvalue weighted by molar-refractivity contribution is 9.10. The molecule has 3 heteroatoms. The molecule has 0 aliphatic carbocycles. The summed E-state index contributed by atoms with van der Waals surface area (Å²) in [7, 11) is 0. The van der Waals surface area contributed by atoms with Crippen LogP contribution in [0, 0.1) is 5.82 Å². The van der Waals surface area contributed by atoms with Crippen molar-refractivity contribution in [2.75, 3.05) is 11.9 Å². The van der Waals surface area contributed by atoms with E-state index < -0.39 is 0 Å². The van der Waals surface area contributed by atoms with Gasteiger partial charge in [0.05, 0.1) is 5.69 Å². The number of nitrogens with one attached hydrogen (secondary N) is 1. The number of benzene rings is 2. The van der Waals surface area contributed by atoms with Crippen molar-refractivity contribution < 1.29 is 4.39 Å². The van der Waals surface area contributed by atoms with Crippen LogP contribution in [-0.2, 0) is 0 Å². The first-order valence-corrected chi connectivity index (χ1v) is 6.70. The third-order valence-corrected chi connectivity index (χ3v) is 3.39. The maximum atomic E-state index is 13.5. The Labute approximate surface area is 115 Å². The number of rotatable bonds is 4. The number of halogens is 2. The van der Waals surface area contributed by atoms with Gasteiger partial charge in [0.2, 0.25) is 0 Å². The lowest BCUT2D eigenvalue weighted by molar-refractivity contribution is 0.628. The van der Waals surface area contributed by atoms with Crippen molar-refractivity contribution in [3.8, 4) is 0 Å². The van der Waals surface area contributed by atoms with Crippen LogP contribution in [0.15, 0.2) is 53.0 Å². The third kappa shape index (κ3) is 3.33. The number of hydrogen-bond acceptors (Lipinski definition) is 1. The minimum Gasteiger partial charge on any atom is -0.382 e. The van der Waals surface area contributed by atoms with E-state index in [1.165, 1.54) is 11.6 Å². The number of hydrogen-bond donors (Lipinski definition) is 1. The summed E-state index contributed by atoms with van der Waals surface area (Å²) in [6.45, 7) is 2.83. The van der Waals surface area contributed by atoms with Crippen molar-refractivity contribution in [3.05, 3.63) is 64.4 Å². The molecule has 0 saturated carbocycles. The molecule has 18 heavy (non-hydrogen) atoms. The predicted molar refractivity (Wildman–Crippen MR) is 77.4 cm³/mol. The second kappa shape index (κ2) is 6.01. The van der Waals surface area contributed by atoms with Gasteiger partial charge in [-0.25, -0.2) is 4.39 Å². The first-order chi connectivity index (χ1) is 8.66. The van der Waals surface area contributed by atoms with E-state index in [1.54, 1.807) is 12.1 Å². The number of anilines is 1. The van der Waals surface area contributed by atoms with Gasteiger partial charge in [0.1, 0.15) is 5.82 Å². The van der Waals surface area contributed by atoms with Gasteiger partial charge in [-0.15, -0.1) is 0 Å². The molecule has 2 aromatic carbocycles. The van der Waals surface area contributed by atoms with Crippen LogP contribution in [0.4, 0.5) is 10.1 Å². The van der Waals surface area contributed by atoms with Gasteiger partial charge in [-0.2, -0.15) is 0 Å². The van der Waals surface area contributed by atoms with Gasteiger partial charge in [0, 0.05) is 11.0 Å². The molecule has 94 valence electrons. The van der Waals surface area contributed by atoms with Crippen molar-refractivity contribution in [3.63, 3.8) is 0 Å². The summed E-state index contributed by atoms with van der Waals surface area (Å²) in [5, 5.41) is 3.15. The molecule has 0 saturated heterocycles. The average Bonchev–Trinajstić information content (AvgIpc) is 2.40. The van der Waals surface area contributed by atoms with E-state index in [2.05, 4.69) is 40.3 Å². The molecule has 0 fully saturated rings. The fraction of sp³-hybridized carbons (Fsp3) is 0.200. The minimum atomic E-state index is -0.224. The molecule has 2 rings (SSSR count). The summed E-state index contributed by atoms with van der Waals surface area (Å²) in [6.07, 6.45) is 0. The van der Waals surface area contributed by atoms with Gasteiger partial charge in [0.25, 0.3) is 0 Å². The van der Waals surface area contributed by atoms with Crippen LogP contribution in [-0.4, -0.2) is 6.54 Å².